The zero-order valence-electron chi connectivity index (χ0n) is 10.5. The first-order valence-electron chi connectivity index (χ1n) is 6.31. The quantitative estimate of drug-likeness (QED) is 0.791. The Morgan fingerprint density at radius 1 is 1.00 bits per heavy atom. The Labute approximate surface area is 106 Å². The molecule has 17 heavy (non-hydrogen) atoms. The summed E-state index contributed by atoms with van der Waals surface area (Å²) in [7, 11) is 0. The van der Waals surface area contributed by atoms with Gasteiger partial charge in [0.1, 0.15) is 0 Å². The Morgan fingerprint density at radius 2 is 1.65 bits per heavy atom. The molecule has 1 nitrogen and oxygen atoms in total. The van der Waals surface area contributed by atoms with Crippen molar-refractivity contribution < 1.29 is 0 Å². The van der Waals surface area contributed by atoms with E-state index in [1.807, 2.05) is 18.2 Å². The lowest BCUT2D eigenvalue weighted by atomic mass is 10.0. The average molecular weight is 246 g/mol. The number of hydrogen-bond acceptors (Lipinski definition) is 2. The highest BCUT2D eigenvalue weighted by atomic mass is 32.1. The van der Waals surface area contributed by atoms with Crippen LogP contribution in [0, 0.1) is 0 Å². The molecule has 0 fully saturated rings. The van der Waals surface area contributed by atoms with E-state index in [0.29, 0.717) is 0 Å². The van der Waals surface area contributed by atoms with Gasteiger partial charge in [0.25, 0.3) is 0 Å². The van der Waals surface area contributed by atoms with Crippen molar-refractivity contribution in [1.82, 2.24) is 0 Å². The summed E-state index contributed by atoms with van der Waals surface area (Å²) in [4.78, 5) is 13.3. The van der Waals surface area contributed by atoms with Gasteiger partial charge in [-0.15, -0.1) is 0 Å². The predicted octanol–water partition coefficient (Wildman–Crippen LogP) is 4.17. The van der Waals surface area contributed by atoms with Crippen LogP contribution in [0.25, 0.3) is 10.8 Å². The minimum Gasteiger partial charge on any atom is -0.277 e. The van der Waals surface area contributed by atoms with Gasteiger partial charge in [-0.25, -0.2) is 0 Å². The van der Waals surface area contributed by atoms with Gasteiger partial charge in [-0.2, -0.15) is 0 Å². The Morgan fingerprint density at radius 3 is 2.29 bits per heavy atom. The SMILES string of the molecule is CCCc1sc(=O)c2ccccc2c1CCC. The van der Waals surface area contributed by atoms with Gasteiger partial charge < -0.3 is 0 Å². The van der Waals surface area contributed by atoms with Crippen LogP contribution in [0.4, 0.5) is 0 Å². The lowest BCUT2D eigenvalue weighted by Crippen LogP contribution is -2.03. The van der Waals surface area contributed by atoms with Gasteiger partial charge in [0.15, 0.2) is 0 Å². The molecule has 2 aromatic rings. The molecular formula is C15H18OS. The van der Waals surface area contributed by atoms with Crippen LogP contribution in [0.5, 0.6) is 0 Å². The average Bonchev–Trinajstić information content (AvgIpc) is 2.34. The second-order valence-electron chi connectivity index (χ2n) is 4.34. The van der Waals surface area contributed by atoms with Gasteiger partial charge >= 0.3 is 0 Å². The number of aryl methyl sites for hydroxylation is 2. The fourth-order valence-electron chi connectivity index (χ4n) is 2.26. The number of hydrogen-bond donors (Lipinski definition) is 0. The zero-order valence-corrected chi connectivity index (χ0v) is 11.3. The fourth-order valence-corrected chi connectivity index (χ4v) is 3.41. The highest BCUT2D eigenvalue weighted by molar-refractivity contribution is 7.10. The highest BCUT2D eigenvalue weighted by Crippen LogP contribution is 2.24. The third-order valence-corrected chi connectivity index (χ3v) is 4.10. The molecule has 0 amide bonds. The molecule has 0 saturated carbocycles. The van der Waals surface area contributed by atoms with Gasteiger partial charge in [-0.1, -0.05) is 56.2 Å². The van der Waals surface area contributed by atoms with E-state index in [1.54, 1.807) is 0 Å². The van der Waals surface area contributed by atoms with Gasteiger partial charge in [-0.3, -0.25) is 4.79 Å². The van der Waals surface area contributed by atoms with Crippen molar-refractivity contribution in [3.8, 4) is 0 Å². The maximum Gasteiger partial charge on any atom is 0.240 e. The smallest absolute Gasteiger partial charge is 0.240 e. The monoisotopic (exact) mass is 246 g/mol. The van der Waals surface area contributed by atoms with E-state index in [-0.39, 0.29) is 4.74 Å². The highest BCUT2D eigenvalue weighted by Gasteiger charge is 2.10. The largest absolute Gasteiger partial charge is 0.277 e. The van der Waals surface area contributed by atoms with Crippen molar-refractivity contribution in [2.75, 3.05) is 0 Å². The molecule has 90 valence electrons. The third kappa shape index (κ3) is 2.42. The van der Waals surface area contributed by atoms with E-state index in [0.717, 1.165) is 31.1 Å². The van der Waals surface area contributed by atoms with E-state index in [9.17, 15) is 4.79 Å². The topological polar surface area (TPSA) is 17.1 Å². The molecule has 0 bridgehead atoms. The van der Waals surface area contributed by atoms with Crippen LogP contribution < -0.4 is 4.74 Å². The van der Waals surface area contributed by atoms with Crippen molar-refractivity contribution in [3.05, 3.63) is 44.2 Å². The van der Waals surface area contributed by atoms with Gasteiger partial charge in [0.2, 0.25) is 4.74 Å². The molecule has 0 atom stereocenters. The second kappa shape index (κ2) is 5.46. The summed E-state index contributed by atoms with van der Waals surface area (Å²) in [5.41, 5.74) is 1.40. The van der Waals surface area contributed by atoms with E-state index in [2.05, 4.69) is 19.9 Å². The molecule has 0 unspecified atom stereocenters. The van der Waals surface area contributed by atoms with Gasteiger partial charge in [0, 0.05) is 10.3 Å². The number of rotatable bonds is 4. The summed E-state index contributed by atoms with van der Waals surface area (Å²) in [6, 6.07) is 8.02. The molecule has 0 aliphatic carbocycles. The molecule has 1 heterocycles. The number of benzene rings is 1. The van der Waals surface area contributed by atoms with Gasteiger partial charge in [-0.05, 0) is 29.9 Å². The second-order valence-corrected chi connectivity index (χ2v) is 5.40. The van der Waals surface area contributed by atoms with E-state index < -0.39 is 0 Å². The van der Waals surface area contributed by atoms with Crippen molar-refractivity contribution in [2.24, 2.45) is 0 Å². The standard InChI is InChI=1S/C15H18OS/c1-3-7-12-11-9-5-6-10-13(11)15(16)17-14(12)8-4-2/h5-6,9-10H,3-4,7-8H2,1-2H3. The van der Waals surface area contributed by atoms with Crippen molar-refractivity contribution >= 4 is 22.1 Å². The molecule has 1 aromatic heterocycles. The van der Waals surface area contributed by atoms with Crippen LogP contribution in [-0.4, -0.2) is 0 Å². The van der Waals surface area contributed by atoms with Crippen LogP contribution in [0.1, 0.15) is 37.1 Å². The molecule has 0 radical (unpaired) electrons. The first-order chi connectivity index (χ1) is 8.27. The molecule has 2 rings (SSSR count). The van der Waals surface area contributed by atoms with Crippen LogP contribution in [0.3, 0.4) is 0 Å². The van der Waals surface area contributed by atoms with Crippen LogP contribution in [-0.2, 0) is 12.8 Å². The maximum atomic E-state index is 12.0. The Kier molecular flexibility index (Phi) is 3.95. The first kappa shape index (κ1) is 12.3. The third-order valence-electron chi connectivity index (χ3n) is 3.00. The summed E-state index contributed by atoms with van der Waals surface area (Å²) >= 11 is 1.44. The predicted molar refractivity (Wildman–Crippen MR) is 76.1 cm³/mol. The van der Waals surface area contributed by atoms with Crippen LogP contribution >= 0.6 is 11.3 Å². The lowest BCUT2D eigenvalue weighted by Gasteiger charge is -2.10. The van der Waals surface area contributed by atoms with E-state index in [1.165, 1.54) is 27.2 Å². The fraction of sp³-hybridized carbons (Fsp3) is 0.400. The minimum atomic E-state index is 0.212. The molecule has 0 saturated heterocycles. The summed E-state index contributed by atoms with van der Waals surface area (Å²) in [5.74, 6) is 0. The summed E-state index contributed by atoms with van der Waals surface area (Å²) in [6.07, 6.45) is 4.34. The van der Waals surface area contributed by atoms with E-state index >= 15 is 0 Å². The summed E-state index contributed by atoms with van der Waals surface area (Å²) in [6.45, 7) is 4.36. The molecule has 0 aliphatic heterocycles. The Bertz CT molecular complexity index is 569. The zero-order chi connectivity index (χ0) is 12.3. The maximum absolute atomic E-state index is 12.0. The van der Waals surface area contributed by atoms with Crippen LogP contribution in [0.2, 0.25) is 0 Å². The molecule has 2 heteroatoms. The van der Waals surface area contributed by atoms with Crippen molar-refractivity contribution in [3.63, 3.8) is 0 Å². The molecule has 0 aliphatic rings. The van der Waals surface area contributed by atoms with Crippen molar-refractivity contribution in [1.29, 1.82) is 0 Å². The van der Waals surface area contributed by atoms with E-state index in [4.69, 9.17) is 0 Å². The van der Waals surface area contributed by atoms with Gasteiger partial charge in [0.05, 0.1) is 0 Å². The number of fused-ring (bicyclic) bond motifs is 1. The first-order valence-corrected chi connectivity index (χ1v) is 7.13. The van der Waals surface area contributed by atoms with Crippen molar-refractivity contribution in [2.45, 2.75) is 39.5 Å². The minimum absolute atomic E-state index is 0.212. The summed E-state index contributed by atoms with van der Waals surface area (Å²) in [5, 5.41) is 2.06. The normalized spacial score (nSPS) is 10.9. The molecular weight excluding hydrogens is 228 g/mol. The summed E-state index contributed by atoms with van der Waals surface area (Å²) < 4.78 is 0.212. The Balaban J connectivity index is 2.73. The lowest BCUT2D eigenvalue weighted by molar-refractivity contribution is 0.881. The Hall–Kier alpha value is -1.15. The molecule has 0 N–H and O–H groups in total. The van der Waals surface area contributed by atoms with Crippen LogP contribution in [0.15, 0.2) is 29.1 Å². The molecule has 0 spiro atoms. The molecule has 1 aromatic carbocycles.